The second kappa shape index (κ2) is 6.37. The summed E-state index contributed by atoms with van der Waals surface area (Å²) in [7, 11) is 2.99. The summed E-state index contributed by atoms with van der Waals surface area (Å²) < 4.78 is 23.0. The molecule has 2 bridgehead atoms. The van der Waals surface area contributed by atoms with E-state index in [4.69, 9.17) is 24.4 Å². The Morgan fingerprint density at radius 1 is 1.10 bits per heavy atom. The van der Waals surface area contributed by atoms with E-state index in [9.17, 15) is 15.8 Å². The van der Waals surface area contributed by atoms with Gasteiger partial charge in [0.05, 0.1) is 38.3 Å². The molecule has 0 aromatic heterocycles. The van der Waals surface area contributed by atoms with Gasteiger partial charge in [-0.05, 0) is 25.0 Å². The van der Waals surface area contributed by atoms with Crippen LogP contribution in [0, 0.1) is 56.2 Å². The summed E-state index contributed by atoms with van der Waals surface area (Å²) in [6, 6.07) is 11.3. The van der Waals surface area contributed by atoms with Gasteiger partial charge in [0.1, 0.15) is 17.6 Å². The lowest BCUT2D eigenvalue weighted by Gasteiger charge is -2.51. The van der Waals surface area contributed by atoms with Gasteiger partial charge < -0.3 is 18.9 Å². The van der Waals surface area contributed by atoms with Crippen molar-refractivity contribution in [2.45, 2.75) is 37.6 Å². The maximum atomic E-state index is 10.3. The molecule has 0 unspecified atom stereocenters. The summed E-state index contributed by atoms with van der Waals surface area (Å²) >= 11 is 0. The van der Waals surface area contributed by atoms with Crippen LogP contribution in [-0.2, 0) is 9.47 Å². The van der Waals surface area contributed by atoms with Crippen molar-refractivity contribution in [2.75, 3.05) is 14.2 Å². The molecule has 0 amide bonds. The average Bonchev–Trinajstić information content (AvgIpc) is 2.97. The summed E-state index contributed by atoms with van der Waals surface area (Å²) in [5, 5.41) is 39.3. The summed E-state index contributed by atoms with van der Waals surface area (Å²) in [6.07, 6.45) is 1.54. The maximum Gasteiger partial charge on any atom is 0.217 e. The highest BCUT2D eigenvalue weighted by Gasteiger charge is 2.80. The van der Waals surface area contributed by atoms with Crippen molar-refractivity contribution in [3.63, 3.8) is 0 Å². The number of nitrogens with zero attached hydrogens (tertiary/aromatic N) is 3. The Balaban J connectivity index is 2.00. The standard InChI is InChI=1S/C21H20N4O4/c1-26-13-6-7-14(15(9-13)27-2)17-19(10-22,11-23)20(12-24)16-5-3-4-8-21(16,28-17)29-18(20)25/h6-7,9,16-17,25H,3-5,8H2,1-2H3/t16-,17-,20-,21+/m0/s1. The first kappa shape index (κ1) is 19.1. The first-order valence-corrected chi connectivity index (χ1v) is 9.40. The molecule has 2 aliphatic heterocycles. The van der Waals surface area contributed by atoms with Gasteiger partial charge in [-0.2, -0.15) is 15.8 Å². The zero-order chi connectivity index (χ0) is 20.9. The van der Waals surface area contributed by atoms with Crippen LogP contribution in [0.25, 0.3) is 0 Å². The molecule has 8 heteroatoms. The van der Waals surface area contributed by atoms with Crippen molar-refractivity contribution < 1.29 is 18.9 Å². The van der Waals surface area contributed by atoms with Gasteiger partial charge >= 0.3 is 0 Å². The fourth-order valence-electron chi connectivity index (χ4n) is 5.17. The molecule has 4 atom stereocenters. The third kappa shape index (κ3) is 2.11. The van der Waals surface area contributed by atoms with E-state index >= 15 is 0 Å². The van der Waals surface area contributed by atoms with Crippen molar-refractivity contribution in [1.29, 1.82) is 21.2 Å². The van der Waals surface area contributed by atoms with Gasteiger partial charge in [-0.3, -0.25) is 5.41 Å². The van der Waals surface area contributed by atoms with Crippen LogP contribution in [0.4, 0.5) is 0 Å². The zero-order valence-corrected chi connectivity index (χ0v) is 16.2. The molecule has 0 radical (unpaired) electrons. The molecular weight excluding hydrogens is 372 g/mol. The third-order valence-corrected chi connectivity index (χ3v) is 6.54. The maximum absolute atomic E-state index is 10.3. The van der Waals surface area contributed by atoms with Gasteiger partial charge in [-0.15, -0.1) is 0 Å². The van der Waals surface area contributed by atoms with Crippen molar-refractivity contribution in [3.05, 3.63) is 23.8 Å². The molecule has 2 heterocycles. The van der Waals surface area contributed by atoms with E-state index in [-0.39, 0.29) is 5.90 Å². The van der Waals surface area contributed by atoms with Crippen LogP contribution in [0.15, 0.2) is 18.2 Å². The summed E-state index contributed by atoms with van der Waals surface area (Å²) in [4.78, 5) is 0. The highest BCUT2D eigenvalue weighted by Crippen LogP contribution is 2.70. The van der Waals surface area contributed by atoms with Gasteiger partial charge in [0.25, 0.3) is 0 Å². The van der Waals surface area contributed by atoms with Gasteiger partial charge in [-0.25, -0.2) is 0 Å². The van der Waals surface area contributed by atoms with Crippen molar-refractivity contribution in [1.82, 2.24) is 0 Å². The predicted octanol–water partition coefficient (Wildman–Crippen LogP) is 3.21. The summed E-state index contributed by atoms with van der Waals surface area (Å²) in [6.45, 7) is 0. The van der Waals surface area contributed by atoms with Crippen molar-refractivity contribution in [2.24, 2.45) is 16.7 Å². The van der Waals surface area contributed by atoms with Gasteiger partial charge in [-0.1, -0.05) is 6.42 Å². The van der Waals surface area contributed by atoms with E-state index in [1.54, 1.807) is 18.2 Å². The van der Waals surface area contributed by atoms with Crippen LogP contribution in [0.5, 0.6) is 11.5 Å². The molecule has 29 heavy (non-hydrogen) atoms. The molecule has 0 spiro atoms. The Morgan fingerprint density at radius 2 is 1.86 bits per heavy atom. The van der Waals surface area contributed by atoms with Crippen molar-refractivity contribution in [3.8, 4) is 29.7 Å². The molecule has 3 aliphatic rings. The number of hydrogen-bond acceptors (Lipinski definition) is 8. The summed E-state index contributed by atoms with van der Waals surface area (Å²) in [5.41, 5.74) is -3.24. The highest BCUT2D eigenvalue weighted by molar-refractivity contribution is 5.89. The van der Waals surface area contributed by atoms with E-state index < -0.39 is 28.6 Å². The van der Waals surface area contributed by atoms with Crippen LogP contribution in [0.1, 0.15) is 37.4 Å². The number of methoxy groups -OCH3 is 2. The lowest BCUT2D eigenvalue weighted by molar-refractivity contribution is -0.294. The van der Waals surface area contributed by atoms with E-state index in [0.29, 0.717) is 29.9 Å². The molecule has 1 aromatic rings. The van der Waals surface area contributed by atoms with E-state index in [2.05, 4.69) is 18.2 Å². The topological polar surface area (TPSA) is 132 Å². The molecule has 2 saturated heterocycles. The minimum atomic E-state index is -1.97. The number of nitrogens with one attached hydrogen (secondary N) is 1. The van der Waals surface area contributed by atoms with Crippen LogP contribution in [0.2, 0.25) is 0 Å². The van der Waals surface area contributed by atoms with Crippen LogP contribution < -0.4 is 9.47 Å². The lowest BCUT2D eigenvalue weighted by atomic mass is 9.51. The Bertz CT molecular complexity index is 989. The predicted molar refractivity (Wildman–Crippen MR) is 98.6 cm³/mol. The number of benzene rings is 1. The molecule has 1 aliphatic carbocycles. The number of nitriles is 3. The Kier molecular flexibility index (Phi) is 4.19. The second-order valence-electron chi connectivity index (χ2n) is 7.60. The highest BCUT2D eigenvalue weighted by atomic mass is 16.7. The molecule has 8 nitrogen and oxygen atoms in total. The minimum absolute atomic E-state index is 0.357. The quantitative estimate of drug-likeness (QED) is 0.835. The first-order valence-electron chi connectivity index (χ1n) is 9.40. The molecular formula is C21H20N4O4. The van der Waals surface area contributed by atoms with Crippen LogP contribution >= 0.6 is 0 Å². The van der Waals surface area contributed by atoms with E-state index in [1.807, 2.05) is 0 Å². The molecule has 1 aromatic carbocycles. The second-order valence-corrected chi connectivity index (χ2v) is 7.60. The Morgan fingerprint density at radius 3 is 2.48 bits per heavy atom. The van der Waals surface area contributed by atoms with E-state index in [0.717, 1.165) is 12.8 Å². The normalized spacial score (nSPS) is 34.0. The Labute approximate surface area is 168 Å². The monoisotopic (exact) mass is 392 g/mol. The zero-order valence-electron chi connectivity index (χ0n) is 16.2. The average molecular weight is 392 g/mol. The molecule has 1 saturated carbocycles. The fraction of sp³-hybridized carbons (Fsp3) is 0.524. The molecule has 4 rings (SSSR count). The minimum Gasteiger partial charge on any atom is -0.497 e. The summed E-state index contributed by atoms with van der Waals surface area (Å²) in [5.74, 6) is -1.20. The van der Waals surface area contributed by atoms with Crippen LogP contribution in [0.3, 0.4) is 0 Å². The molecule has 3 fully saturated rings. The fourth-order valence-corrected chi connectivity index (χ4v) is 5.17. The lowest BCUT2D eigenvalue weighted by Crippen LogP contribution is -2.60. The first-order chi connectivity index (χ1) is 14.0. The number of hydrogen-bond donors (Lipinski definition) is 1. The van der Waals surface area contributed by atoms with Crippen molar-refractivity contribution >= 4 is 5.90 Å². The smallest absolute Gasteiger partial charge is 0.217 e. The SMILES string of the molecule is COc1ccc([C@@H]2O[C@@]34CCCC[C@H]3[C@@](C#N)(C(=N)O4)C2(C#N)C#N)c(OC)c1. The van der Waals surface area contributed by atoms with Gasteiger partial charge in [0.15, 0.2) is 5.41 Å². The largest absolute Gasteiger partial charge is 0.497 e. The van der Waals surface area contributed by atoms with Crippen LogP contribution in [-0.4, -0.2) is 25.9 Å². The van der Waals surface area contributed by atoms with E-state index in [1.165, 1.54) is 14.2 Å². The third-order valence-electron chi connectivity index (χ3n) is 6.54. The van der Waals surface area contributed by atoms with Gasteiger partial charge in [0, 0.05) is 18.1 Å². The Hall–Kier alpha value is -3.28. The van der Waals surface area contributed by atoms with Gasteiger partial charge in [0.2, 0.25) is 17.1 Å². The number of rotatable bonds is 3. The molecule has 148 valence electrons. The molecule has 1 N–H and O–H groups in total. The number of ether oxygens (including phenoxy) is 4.